The van der Waals surface area contributed by atoms with Gasteiger partial charge in [-0.1, -0.05) is 19.1 Å². The summed E-state index contributed by atoms with van der Waals surface area (Å²) in [6.07, 6.45) is 0.629. The van der Waals surface area contributed by atoms with Crippen molar-refractivity contribution in [2.45, 2.75) is 27.2 Å². The fourth-order valence-electron chi connectivity index (χ4n) is 2.20. The van der Waals surface area contributed by atoms with Gasteiger partial charge in [0.2, 0.25) is 0 Å². The standard InChI is InChI=1S/C16H18FNO2S/c1-4-10-13(18)15(16(19)20-5-2)21-14(10)11-7-6-9(3)8-12(11)17/h6-8H,4-5,18H2,1-3H3. The Morgan fingerprint density at radius 1 is 1.38 bits per heavy atom. The first-order valence-corrected chi connectivity index (χ1v) is 7.66. The van der Waals surface area contributed by atoms with Gasteiger partial charge < -0.3 is 10.5 Å². The Morgan fingerprint density at radius 2 is 2.10 bits per heavy atom. The fourth-order valence-corrected chi connectivity index (χ4v) is 3.43. The largest absolute Gasteiger partial charge is 0.462 e. The van der Waals surface area contributed by atoms with Crippen molar-refractivity contribution in [2.75, 3.05) is 12.3 Å². The molecule has 2 rings (SSSR count). The zero-order valence-electron chi connectivity index (χ0n) is 12.3. The first-order valence-electron chi connectivity index (χ1n) is 6.84. The number of esters is 1. The summed E-state index contributed by atoms with van der Waals surface area (Å²) in [4.78, 5) is 13.0. The minimum Gasteiger partial charge on any atom is -0.462 e. The van der Waals surface area contributed by atoms with Crippen LogP contribution in [0.3, 0.4) is 0 Å². The van der Waals surface area contributed by atoms with Crippen molar-refractivity contribution in [1.82, 2.24) is 0 Å². The minimum atomic E-state index is -0.450. The fraction of sp³-hybridized carbons (Fsp3) is 0.312. The Bertz CT molecular complexity index is 679. The number of thiophene rings is 1. The molecule has 0 saturated carbocycles. The van der Waals surface area contributed by atoms with Crippen LogP contribution in [-0.2, 0) is 11.2 Å². The number of carbonyl (C=O) groups is 1. The molecule has 1 aromatic heterocycles. The maximum absolute atomic E-state index is 14.2. The Morgan fingerprint density at radius 3 is 2.67 bits per heavy atom. The highest BCUT2D eigenvalue weighted by atomic mass is 32.1. The lowest BCUT2D eigenvalue weighted by atomic mass is 10.0. The minimum absolute atomic E-state index is 0.284. The maximum Gasteiger partial charge on any atom is 0.350 e. The van der Waals surface area contributed by atoms with Crippen LogP contribution in [-0.4, -0.2) is 12.6 Å². The molecule has 0 saturated heterocycles. The van der Waals surface area contributed by atoms with Crippen molar-refractivity contribution < 1.29 is 13.9 Å². The molecule has 0 spiro atoms. The Balaban J connectivity index is 2.58. The third-order valence-electron chi connectivity index (χ3n) is 3.23. The Hall–Kier alpha value is -1.88. The quantitative estimate of drug-likeness (QED) is 0.862. The van der Waals surface area contributed by atoms with Gasteiger partial charge >= 0.3 is 5.97 Å². The van der Waals surface area contributed by atoms with Crippen LogP contribution in [0.4, 0.5) is 10.1 Å². The number of anilines is 1. The molecule has 0 atom stereocenters. The van der Waals surface area contributed by atoms with Crippen molar-refractivity contribution in [3.63, 3.8) is 0 Å². The van der Waals surface area contributed by atoms with Gasteiger partial charge in [-0.25, -0.2) is 9.18 Å². The van der Waals surface area contributed by atoms with Crippen molar-refractivity contribution >= 4 is 23.0 Å². The van der Waals surface area contributed by atoms with Crippen LogP contribution in [0.2, 0.25) is 0 Å². The number of nitrogen functional groups attached to an aromatic ring is 1. The van der Waals surface area contributed by atoms with Crippen LogP contribution in [0.15, 0.2) is 18.2 Å². The predicted octanol–water partition coefficient (Wildman–Crippen LogP) is 4.18. The Labute approximate surface area is 127 Å². The number of aryl methyl sites for hydroxylation is 1. The lowest BCUT2D eigenvalue weighted by molar-refractivity contribution is 0.0533. The van der Waals surface area contributed by atoms with Gasteiger partial charge in [-0.05, 0) is 37.5 Å². The lowest BCUT2D eigenvalue weighted by Gasteiger charge is -2.05. The maximum atomic E-state index is 14.2. The van der Waals surface area contributed by atoms with Gasteiger partial charge in [0.15, 0.2) is 0 Å². The third kappa shape index (κ3) is 2.93. The summed E-state index contributed by atoms with van der Waals surface area (Å²) in [6, 6.07) is 5.05. The van der Waals surface area contributed by atoms with Crippen LogP contribution in [0, 0.1) is 12.7 Å². The van der Waals surface area contributed by atoms with E-state index < -0.39 is 5.97 Å². The average Bonchev–Trinajstić information content (AvgIpc) is 2.76. The molecule has 1 heterocycles. The van der Waals surface area contributed by atoms with E-state index in [4.69, 9.17) is 10.5 Å². The van der Waals surface area contributed by atoms with E-state index in [9.17, 15) is 9.18 Å². The zero-order valence-corrected chi connectivity index (χ0v) is 13.1. The van der Waals surface area contributed by atoms with E-state index in [0.717, 1.165) is 11.1 Å². The second kappa shape index (κ2) is 6.26. The number of ether oxygens (including phenoxy) is 1. The molecule has 0 aliphatic carbocycles. The number of carbonyl (C=O) groups excluding carboxylic acids is 1. The van der Waals surface area contributed by atoms with Gasteiger partial charge in [-0.2, -0.15) is 0 Å². The lowest BCUT2D eigenvalue weighted by Crippen LogP contribution is -2.05. The smallest absolute Gasteiger partial charge is 0.350 e. The molecule has 21 heavy (non-hydrogen) atoms. The molecule has 2 N–H and O–H groups in total. The predicted molar refractivity (Wildman–Crippen MR) is 84.2 cm³/mol. The number of benzene rings is 1. The Kier molecular flexibility index (Phi) is 4.63. The van der Waals surface area contributed by atoms with Gasteiger partial charge in [-0.15, -0.1) is 11.3 Å². The van der Waals surface area contributed by atoms with Gasteiger partial charge in [0.05, 0.1) is 12.3 Å². The summed E-state index contributed by atoms with van der Waals surface area (Å²) in [5.41, 5.74) is 8.57. The number of rotatable bonds is 4. The SMILES string of the molecule is CCOC(=O)c1sc(-c2ccc(C)cc2F)c(CC)c1N. The highest BCUT2D eigenvalue weighted by Crippen LogP contribution is 2.40. The average molecular weight is 307 g/mol. The molecule has 3 nitrogen and oxygen atoms in total. The first kappa shape index (κ1) is 15.5. The second-order valence-electron chi connectivity index (χ2n) is 4.71. The molecule has 0 radical (unpaired) electrons. The van der Waals surface area contributed by atoms with E-state index in [-0.39, 0.29) is 12.4 Å². The molecule has 0 aliphatic rings. The van der Waals surface area contributed by atoms with Crippen molar-refractivity contribution in [1.29, 1.82) is 0 Å². The van der Waals surface area contributed by atoms with E-state index >= 15 is 0 Å². The molecular formula is C16H18FNO2S. The summed E-state index contributed by atoms with van der Waals surface area (Å²) in [7, 11) is 0. The van der Waals surface area contributed by atoms with E-state index in [2.05, 4.69) is 0 Å². The normalized spacial score (nSPS) is 10.7. The number of hydrogen-bond donors (Lipinski definition) is 1. The van der Waals surface area contributed by atoms with E-state index in [1.807, 2.05) is 19.9 Å². The third-order valence-corrected chi connectivity index (χ3v) is 4.49. The van der Waals surface area contributed by atoms with Crippen molar-refractivity contribution in [2.24, 2.45) is 0 Å². The van der Waals surface area contributed by atoms with Gasteiger partial charge in [0.25, 0.3) is 0 Å². The molecule has 0 fully saturated rings. The summed E-state index contributed by atoms with van der Waals surface area (Å²) in [5, 5.41) is 0. The molecule has 0 bridgehead atoms. The van der Waals surface area contributed by atoms with Crippen molar-refractivity contribution in [3.05, 3.63) is 40.0 Å². The van der Waals surface area contributed by atoms with Gasteiger partial charge in [0, 0.05) is 10.4 Å². The van der Waals surface area contributed by atoms with Crippen LogP contribution in [0.25, 0.3) is 10.4 Å². The van der Waals surface area contributed by atoms with Crippen LogP contribution >= 0.6 is 11.3 Å². The highest BCUT2D eigenvalue weighted by Gasteiger charge is 2.23. The van der Waals surface area contributed by atoms with Crippen LogP contribution in [0.1, 0.15) is 34.6 Å². The van der Waals surface area contributed by atoms with E-state index in [1.54, 1.807) is 13.0 Å². The number of nitrogens with two attached hydrogens (primary N) is 1. The molecule has 0 unspecified atom stereocenters. The van der Waals surface area contributed by atoms with Crippen LogP contribution < -0.4 is 5.73 Å². The molecule has 0 aliphatic heterocycles. The van der Waals surface area contributed by atoms with Crippen molar-refractivity contribution in [3.8, 4) is 10.4 Å². The van der Waals surface area contributed by atoms with E-state index in [0.29, 0.717) is 27.4 Å². The molecule has 1 aromatic carbocycles. The number of halogens is 1. The number of hydrogen-bond acceptors (Lipinski definition) is 4. The molecular weight excluding hydrogens is 289 g/mol. The topological polar surface area (TPSA) is 52.3 Å². The zero-order chi connectivity index (χ0) is 15.6. The summed E-state index contributed by atoms with van der Waals surface area (Å²) in [6.45, 7) is 5.79. The van der Waals surface area contributed by atoms with Crippen LogP contribution in [0.5, 0.6) is 0 Å². The molecule has 5 heteroatoms. The second-order valence-corrected chi connectivity index (χ2v) is 5.73. The summed E-state index contributed by atoms with van der Waals surface area (Å²) in [5.74, 6) is -0.755. The summed E-state index contributed by atoms with van der Waals surface area (Å²) >= 11 is 1.19. The first-order chi connectivity index (χ1) is 9.99. The van der Waals surface area contributed by atoms with Gasteiger partial charge in [-0.3, -0.25) is 0 Å². The monoisotopic (exact) mass is 307 g/mol. The summed E-state index contributed by atoms with van der Waals surface area (Å²) < 4.78 is 19.2. The highest BCUT2D eigenvalue weighted by molar-refractivity contribution is 7.18. The van der Waals surface area contributed by atoms with Gasteiger partial charge in [0.1, 0.15) is 10.7 Å². The molecule has 0 amide bonds. The van der Waals surface area contributed by atoms with E-state index in [1.165, 1.54) is 17.4 Å². The molecule has 2 aromatic rings. The molecule has 112 valence electrons.